The maximum atomic E-state index is 12.1. The van der Waals surface area contributed by atoms with Gasteiger partial charge in [-0.1, -0.05) is 50.7 Å². The molecule has 3 nitrogen and oxygen atoms in total. The van der Waals surface area contributed by atoms with Gasteiger partial charge in [-0.25, -0.2) is 0 Å². The normalized spacial score (nSPS) is 36.5. The average Bonchev–Trinajstić information content (AvgIpc) is 2.66. The molecule has 2 rings (SSSR count). The van der Waals surface area contributed by atoms with Crippen LogP contribution < -0.4 is 0 Å². The van der Waals surface area contributed by atoms with Gasteiger partial charge in [-0.2, -0.15) is 0 Å². The van der Waals surface area contributed by atoms with Crippen molar-refractivity contribution in [2.45, 2.75) is 51.3 Å². The lowest BCUT2D eigenvalue weighted by Gasteiger charge is -2.31. The molecule has 2 fully saturated rings. The molecule has 2 aliphatic rings. The van der Waals surface area contributed by atoms with E-state index in [-0.39, 0.29) is 11.2 Å². The van der Waals surface area contributed by atoms with Crippen molar-refractivity contribution in [1.29, 1.82) is 0 Å². The topological polar surface area (TPSA) is 32.7 Å². The van der Waals surface area contributed by atoms with E-state index in [0.29, 0.717) is 22.8 Å². The summed E-state index contributed by atoms with van der Waals surface area (Å²) < 4.78 is 0.689. The van der Waals surface area contributed by atoms with Gasteiger partial charge < -0.3 is 0 Å². The van der Waals surface area contributed by atoms with Gasteiger partial charge in [0.15, 0.2) is 0 Å². The van der Waals surface area contributed by atoms with Crippen LogP contribution in [0.5, 0.6) is 0 Å². The highest BCUT2D eigenvalue weighted by Crippen LogP contribution is 2.32. The number of carbonyl (C=O) groups excluding carboxylic acids is 1. The monoisotopic (exact) mass is 298 g/mol. The smallest absolute Gasteiger partial charge is 0.247 e. The molecule has 1 saturated heterocycles. The second-order valence-corrected chi connectivity index (χ2v) is 7.30. The Hall–Kier alpha value is -0.420. The summed E-state index contributed by atoms with van der Waals surface area (Å²) in [5.41, 5.74) is 0. The minimum atomic E-state index is -0.197. The molecule has 0 aromatic carbocycles. The van der Waals surface area contributed by atoms with Crippen molar-refractivity contribution in [3.05, 3.63) is 0 Å². The van der Waals surface area contributed by atoms with Gasteiger partial charge in [0.1, 0.15) is 9.57 Å². The molecule has 1 saturated carbocycles. The number of thioether (sulfide) groups is 1. The molecule has 106 valence electrons. The van der Waals surface area contributed by atoms with E-state index in [4.69, 9.17) is 17.2 Å². The van der Waals surface area contributed by atoms with Crippen LogP contribution in [0.4, 0.5) is 0 Å². The second kappa shape index (κ2) is 6.35. The minimum Gasteiger partial charge on any atom is -0.297 e. The third-order valence-corrected chi connectivity index (χ3v) is 5.86. The van der Waals surface area contributed by atoms with Crippen LogP contribution in [-0.2, 0) is 4.79 Å². The van der Waals surface area contributed by atoms with Crippen molar-refractivity contribution in [2.75, 3.05) is 6.54 Å². The standard InChI is InChI=1S/C14H22N2OS2/c1-4-16-13(17)12(19-14(16)18)8-15-11-7-5-6-9(2)10(11)3/h8-12H,4-7H2,1-3H3/t9-,10+,11-,12+/m1/s1. The molecule has 1 amide bonds. The fourth-order valence-electron chi connectivity index (χ4n) is 2.80. The summed E-state index contributed by atoms with van der Waals surface area (Å²) in [6, 6.07) is 0.376. The van der Waals surface area contributed by atoms with Gasteiger partial charge in [0.25, 0.3) is 0 Å². The molecule has 0 unspecified atom stereocenters. The molecule has 1 heterocycles. The summed E-state index contributed by atoms with van der Waals surface area (Å²) in [4.78, 5) is 18.5. The molecule has 0 aromatic rings. The fraction of sp³-hybridized carbons (Fsp3) is 0.786. The molecule has 19 heavy (non-hydrogen) atoms. The zero-order valence-electron chi connectivity index (χ0n) is 11.8. The fourth-order valence-corrected chi connectivity index (χ4v) is 4.25. The van der Waals surface area contributed by atoms with E-state index in [1.54, 1.807) is 4.90 Å². The van der Waals surface area contributed by atoms with E-state index < -0.39 is 0 Å². The summed E-state index contributed by atoms with van der Waals surface area (Å²) in [6.07, 6.45) is 5.54. The number of hydrogen-bond donors (Lipinski definition) is 0. The zero-order chi connectivity index (χ0) is 14.0. The number of rotatable bonds is 3. The van der Waals surface area contributed by atoms with Crippen molar-refractivity contribution < 1.29 is 4.79 Å². The Bertz CT molecular complexity index is 397. The number of carbonyl (C=O) groups is 1. The quantitative estimate of drug-likeness (QED) is 0.593. The Morgan fingerprint density at radius 2 is 2.21 bits per heavy atom. The summed E-state index contributed by atoms with van der Waals surface area (Å²) in [6.45, 7) is 7.19. The second-order valence-electron chi connectivity index (χ2n) is 5.52. The first-order chi connectivity index (χ1) is 9.04. The minimum absolute atomic E-state index is 0.0951. The van der Waals surface area contributed by atoms with Gasteiger partial charge in [-0.05, 0) is 25.2 Å². The largest absolute Gasteiger partial charge is 0.297 e. The molecule has 0 radical (unpaired) electrons. The number of aliphatic imine (C=N–C) groups is 1. The Balaban J connectivity index is 1.99. The van der Waals surface area contributed by atoms with Crippen LogP contribution in [0.1, 0.15) is 40.0 Å². The average molecular weight is 298 g/mol. The van der Waals surface area contributed by atoms with Crippen LogP contribution in [0.3, 0.4) is 0 Å². The number of hydrogen-bond acceptors (Lipinski definition) is 4. The van der Waals surface area contributed by atoms with Crippen LogP contribution >= 0.6 is 24.0 Å². The third-order valence-electron chi connectivity index (χ3n) is 4.35. The van der Waals surface area contributed by atoms with Crippen LogP contribution in [-0.4, -0.2) is 39.2 Å². The Morgan fingerprint density at radius 1 is 1.47 bits per heavy atom. The van der Waals surface area contributed by atoms with Crippen molar-refractivity contribution in [2.24, 2.45) is 16.8 Å². The van der Waals surface area contributed by atoms with Crippen LogP contribution in [0.15, 0.2) is 4.99 Å². The highest BCUT2D eigenvalue weighted by atomic mass is 32.2. The molecule has 0 bridgehead atoms. The molecule has 5 heteroatoms. The lowest BCUT2D eigenvalue weighted by molar-refractivity contribution is -0.124. The molecular weight excluding hydrogens is 276 g/mol. The van der Waals surface area contributed by atoms with Crippen LogP contribution in [0.25, 0.3) is 0 Å². The van der Waals surface area contributed by atoms with Crippen molar-refractivity contribution in [3.8, 4) is 0 Å². The Kier molecular flexibility index (Phi) is 5.01. The summed E-state index contributed by atoms with van der Waals surface area (Å²) in [5.74, 6) is 1.44. The van der Waals surface area contributed by atoms with Crippen LogP contribution in [0, 0.1) is 11.8 Å². The molecule has 1 aliphatic heterocycles. The van der Waals surface area contributed by atoms with Gasteiger partial charge in [0.05, 0.1) is 6.04 Å². The van der Waals surface area contributed by atoms with E-state index in [1.165, 1.54) is 24.6 Å². The Morgan fingerprint density at radius 3 is 2.84 bits per heavy atom. The van der Waals surface area contributed by atoms with Gasteiger partial charge in [0, 0.05) is 12.8 Å². The van der Waals surface area contributed by atoms with E-state index in [0.717, 1.165) is 12.3 Å². The molecule has 4 atom stereocenters. The van der Waals surface area contributed by atoms with E-state index in [1.807, 2.05) is 13.1 Å². The SMILES string of the molecule is CCN1C(=O)[C@H](C=N[C@@H]2CCC[C@@H](C)[C@@H]2C)SC1=S. The predicted molar refractivity (Wildman–Crippen MR) is 85.8 cm³/mol. The van der Waals surface area contributed by atoms with E-state index >= 15 is 0 Å². The third kappa shape index (κ3) is 3.19. The van der Waals surface area contributed by atoms with Crippen LogP contribution in [0.2, 0.25) is 0 Å². The number of amides is 1. The number of thiocarbonyl (C=S) groups is 1. The molecule has 0 spiro atoms. The van der Waals surface area contributed by atoms with Gasteiger partial charge >= 0.3 is 0 Å². The van der Waals surface area contributed by atoms with Crippen molar-refractivity contribution in [1.82, 2.24) is 4.90 Å². The number of nitrogens with zero attached hydrogens (tertiary/aromatic N) is 2. The molecule has 1 aliphatic carbocycles. The van der Waals surface area contributed by atoms with E-state index in [2.05, 4.69) is 13.8 Å². The summed E-state index contributed by atoms with van der Waals surface area (Å²) in [5, 5.41) is -0.197. The molecule has 0 aromatic heterocycles. The zero-order valence-corrected chi connectivity index (χ0v) is 13.5. The maximum absolute atomic E-state index is 12.1. The predicted octanol–water partition coefficient (Wildman–Crippen LogP) is 3.13. The summed E-state index contributed by atoms with van der Waals surface area (Å²) >= 11 is 6.67. The Labute approximate surface area is 125 Å². The highest BCUT2D eigenvalue weighted by molar-refractivity contribution is 8.24. The highest BCUT2D eigenvalue weighted by Gasteiger charge is 2.35. The first-order valence-electron chi connectivity index (χ1n) is 7.09. The maximum Gasteiger partial charge on any atom is 0.247 e. The lowest BCUT2D eigenvalue weighted by Crippen LogP contribution is -2.32. The van der Waals surface area contributed by atoms with Crippen molar-refractivity contribution >= 4 is 40.4 Å². The molecular formula is C14H22N2OS2. The first kappa shape index (κ1) is 15.0. The summed E-state index contributed by atoms with van der Waals surface area (Å²) in [7, 11) is 0. The first-order valence-corrected chi connectivity index (χ1v) is 8.38. The van der Waals surface area contributed by atoms with Gasteiger partial charge in [0.2, 0.25) is 5.91 Å². The van der Waals surface area contributed by atoms with Gasteiger partial charge in [-0.15, -0.1) is 0 Å². The van der Waals surface area contributed by atoms with E-state index in [9.17, 15) is 4.79 Å². The lowest BCUT2D eigenvalue weighted by atomic mass is 9.78. The molecule has 0 N–H and O–H groups in total. The van der Waals surface area contributed by atoms with Crippen molar-refractivity contribution in [3.63, 3.8) is 0 Å². The van der Waals surface area contributed by atoms with Gasteiger partial charge in [-0.3, -0.25) is 14.7 Å².